The van der Waals surface area contributed by atoms with E-state index in [1.165, 1.54) is 0 Å². The Hall–Kier alpha value is -2.63. The average molecular weight is 283 g/mol. The van der Waals surface area contributed by atoms with Crippen molar-refractivity contribution >= 4 is 11.5 Å². The van der Waals surface area contributed by atoms with Crippen molar-refractivity contribution in [2.45, 2.75) is 13.3 Å². The summed E-state index contributed by atoms with van der Waals surface area (Å²) in [5.74, 6) is 1.36. The summed E-state index contributed by atoms with van der Waals surface area (Å²) < 4.78 is 7.51. The molecule has 0 saturated heterocycles. The molecule has 0 unspecified atom stereocenters. The number of hydrogen-bond acceptors (Lipinski definition) is 5. The molecule has 0 spiro atoms. The number of ether oxygens (including phenoxy) is 1. The zero-order valence-electron chi connectivity index (χ0n) is 12.1. The third kappa shape index (κ3) is 2.40. The third-order valence-corrected chi connectivity index (χ3v) is 3.22. The molecule has 3 aromatic heterocycles. The minimum absolute atomic E-state index is 0.646. The molecule has 0 amide bonds. The normalized spacial score (nSPS) is 10.8. The van der Waals surface area contributed by atoms with Crippen molar-refractivity contribution in [2.75, 3.05) is 19.0 Å². The van der Waals surface area contributed by atoms with Crippen LogP contribution in [0, 0.1) is 0 Å². The zero-order chi connectivity index (χ0) is 14.7. The highest BCUT2D eigenvalue weighted by molar-refractivity contribution is 5.72. The second-order valence-electron chi connectivity index (χ2n) is 4.60. The number of methoxy groups -OCH3 is 1. The molecular formula is C15H17N5O. The third-order valence-electron chi connectivity index (χ3n) is 3.22. The lowest BCUT2D eigenvalue weighted by molar-refractivity contribution is 0.414. The van der Waals surface area contributed by atoms with Gasteiger partial charge >= 0.3 is 0 Å². The Kier molecular flexibility index (Phi) is 3.68. The molecule has 3 rings (SSSR count). The van der Waals surface area contributed by atoms with Crippen molar-refractivity contribution in [3.8, 4) is 17.1 Å². The van der Waals surface area contributed by atoms with E-state index in [-0.39, 0.29) is 0 Å². The fourth-order valence-electron chi connectivity index (χ4n) is 2.26. The first-order chi connectivity index (χ1) is 10.3. The molecule has 6 heteroatoms. The second-order valence-corrected chi connectivity index (χ2v) is 4.60. The maximum absolute atomic E-state index is 5.53. The van der Waals surface area contributed by atoms with Crippen LogP contribution in [0.1, 0.15) is 13.3 Å². The smallest absolute Gasteiger partial charge is 0.189 e. The predicted octanol–water partition coefficient (Wildman–Crippen LogP) is 2.62. The van der Waals surface area contributed by atoms with Gasteiger partial charge in [0.1, 0.15) is 17.7 Å². The number of nitrogens with one attached hydrogen (secondary N) is 1. The van der Waals surface area contributed by atoms with Crippen LogP contribution in [0.4, 0.5) is 5.82 Å². The van der Waals surface area contributed by atoms with Gasteiger partial charge < -0.3 is 10.1 Å². The van der Waals surface area contributed by atoms with Crippen LogP contribution in [0.15, 0.2) is 36.9 Å². The van der Waals surface area contributed by atoms with Gasteiger partial charge in [-0.2, -0.15) is 0 Å². The van der Waals surface area contributed by atoms with Crippen LogP contribution in [0.25, 0.3) is 17.0 Å². The van der Waals surface area contributed by atoms with Crippen molar-refractivity contribution in [1.82, 2.24) is 19.4 Å². The van der Waals surface area contributed by atoms with Crippen molar-refractivity contribution < 1.29 is 4.74 Å². The van der Waals surface area contributed by atoms with E-state index in [0.717, 1.165) is 30.0 Å². The molecular weight excluding hydrogens is 266 g/mol. The van der Waals surface area contributed by atoms with Gasteiger partial charge in [-0.15, -0.1) is 0 Å². The molecule has 0 aliphatic heterocycles. The van der Waals surface area contributed by atoms with Crippen LogP contribution in [0.3, 0.4) is 0 Å². The van der Waals surface area contributed by atoms with Crippen molar-refractivity contribution in [2.24, 2.45) is 0 Å². The SMILES string of the molecule is CCCNc1ncnc(-c2cccc3nccn23)c1OC. The maximum atomic E-state index is 5.53. The van der Waals surface area contributed by atoms with Crippen molar-refractivity contribution in [3.63, 3.8) is 0 Å². The molecule has 1 N–H and O–H groups in total. The Balaban J connectivity index is 2.15. The highest BCUT2D eigenvalue weighted by Gasteiger charge is 2.15. The first-order valence-corrected chi connectivity index (χ1v) is 6.90. The molecule has 0 saturated carbocycles. The predicted molar refractivity (Wildman–Crippen MR) is 81.6 cm³/mol. The van der Waals surface area contributed by atoms with Crippen LogP contribution in [-0.4, -0.2) is 33.0 Å². The molecule has 6 nitrogen and oxygen atoms in total. The van der Waals surface area contributed by atoms with Crippen LogP contribution < -0.4 is 10.1 Å². The van der Waals surface area contributed by atoms with Gasteiger partial charge in [-0.25, -0.2) is 15.0 Å². The van der Waals surface area contributed by atoms with E-state index in [0.29, 0.717) is 11.6 Å². The van der Waals surface area contributed by atoms with Gasteiger partial charge in [0.25, 0.3) is 0 Å². The van der Waals surface area contributed by atoms with E-state index in [4.69, 9.17) is 4.74 Å². The number of fused-ring (bicyclic) bond motifs is 1. The summed E-state index contributed by atoms with van der Waals surface area (Å²) in [4.78, 5) is 13.0. The van der Waals surface area contributed by atoms with Gasteiger partial charge in [0.2, 0.25) is 0 Å². The quantitative estimate of drug-likeness (QED) is 0.779. The number of anilines is 1. The van der Waals surface area contributed by atoms with Gasteiger partial charge in [0.15, 0.2) is 11.6 Å². The Morgan fingerprint density at radius 3 is 2.95 bits per heavy atom. The Morgan fingerprint density at radius 2 is 2.14 bits per heavy atom. The van der Waals surface area contributed by atoms with Crippen LogP contribution in [-0.2, 0) is 0 Å². The molecule has 0 fully saturated rings. The Labute approximate surface area is 122 Å². The van der Waals surface area contributed by atoms with E-state index in [9.17, 15) is 0 Å². The summed E-state index contributed by atoms with van der Waals surface area (Å²) in [6.07, 6.45) is 6.24. The molecule has 0 aliphatic carbocycles. The lowest BCUT2D eigenvalue weighted by Crippen LogP contribution is -2.06. The summed E-state index contributed by atoms with van der Waals surface area (Å²) in [5, 5.41) is 3.26. The number of pyridine rings is 1. The highest BCUT2D eigenvalue weighted by Crippen LogP contribution is 2.32. The molecule has 0 aromatic carbocycles. The van der Waals surface area contributed by atoms with E-state index in [1.54, 1.807) is 19.6 Å². The summed E-state index contributed by atoms with van der Waals surface area (Å²) in [7, 11) is 1.63. The first-order valence-electron chi connectivity index (χ1n) is 6.90. The monoisotopic (exact) mass is 283 g/mol. The number of imidazole rings is 1. The Bertz CT molecular complexity index is 753. The summed E-state index contributed by atoms with van der Waals surface area (Å²) in [6.45, 7) is 2.94. The van der Waals surface area contributed by atoms with Gasteiger partial charge in [0.05, 0.1) is 12.8 Å². The standard InChI is InChI=1S/C15H17N5O/c1-3-7-17-15-14(21-2)13(18-10-19-15)11-5-4-6-12-16-8-9-20(11)12/h4-6,8-10H,3,7H2,1-2H3,(H,17,18,19). The van der Waals surface area contributed by atoms with Gasteiger partial charge in [-0.05, 0) is 18.6 Å². The van der Waals surface area contributed by atoms with Crippen molar-refractivity contribution in [1.29, 1.82) is 0 Å². The van der Waals surface area contributed by atoms with E-state index in [2.05, 4.69) is 27.2 Å². The summed E-state index contributed by atoms with van der Waals surface area (Å²) in [5.41, 5.74) is 2.54. The van der Waals surface area contributed by atoms with Gasteiger partial charge in [0, 0.05) is 18.9 Å². The first kappa shape index (κ1) is 13.4. The zero-order valence-corrected chi connectivity index (χ0v) is 12.1. The molecule has 0 radical (unpaired) electrons. The molecule has 0 aliphatic rings. The van der Waals surface area contributed by atoms with Crippen LogP contribution >= 0.6 is 0 Å². The fourth-order valence-corrected chi connectivity index (χ4v) is 2.26. The number of aromatic nitrogens is 4. The largest absolute Gasteiger partial charge is 0.491 e. The fraction of sp³-hybridized carbons (Fsp3) is 0.267. The molecule has 21 heavy (non-hydrogen) atoms. The highest BCUT2D eigenvalue weighted by atomic mass is 16.5. The number of nitrogens with zero attached hydrogens (tertiary/aromatic N) is 4. The number of hydrogen-bond donors (Lipinski definition) is 1. The maximum Gasteiger partial charge on any atom is 0.189 e. The minimum Gasteiger partial charge on any atom is -0.491 e. The van der Waals surface area contributed by atoms with E-state index in [1.807, 2.05) is 28.8 Å². The minimum atomic E-state index is 0.646. The van der Waals surface area contributed by atoms with Gasteiger partial charge in [-0.1, -0.05) is 13.0 Å². The van der Waals surface area contributed by atoms with Gasteiger partial charge in [-0.3, -0.25) is 4.40 Å². The Morgan fingerprint density at radius 1 is 1.24 bits per heavy atom. The number of rotatable bonds is 5. The summed E-state index contributed by atoms with van der Waals surface area (Å²) in [6, 6.07) is 5.90. The topological polar surface area (TPSA) is 64.3 Å². The summed E-state index contributed by atoms with van der Waals surface area (Å²) >= 11 is 0. The van der Waals surface area contributed by atoms with Crippen LogP contribution in [0.5, 0.6) is 5.75 Å². The van der Waals surface area contributed by atoms with Crippen molar-refractivity contribution in [3.05, 3.63) is 36.9 Å². The molecule has 3 heterocycles. The van der Waals surface area contributed by atoms with E-state index >= 15 is 0 Å². The second kappa shape index (κ2) is 5.78. The van der Waals surface area contributed by atoms with E-state index < -0.39 is 0 Å². The lowest BCUT2D eigenvalue weighted by Gasteiger charge is -2.13. The van der Waals surface area contributed by atoms with Crippen LogP contribution in [0.2, 0.25) is 0 Å². The molecule has 3 aromatic rings. The molecule has 0 bridgehead atoms. The average Bonchev–Trinajstić information content (AvgIpc) is 3.01. The lowest BCUT2D eigenvalue weighted by atomic mass is 10.2. The molecule has 0 atom stereocenters. The molecule has 108 valence electrons.